The molecule has 3 saturated heterocycles. The minimum atomic E-state index is -0.836. The predicted octanol–water partition coefficient (Wildman–Crippen LogP) is 3.11. The Bertz CT molecular complexity index is 825. The first kappa shape index (κ1) is 20.8. The fraction of sp³-hybridized carbons (Fsp3) is 0.920. The Morgan fingerprint density at radius 3 is 2.56 bits per heavy atom. The minimum absolute atomic E-state index is 0.00231. The van der Waals surface area contributed by atoms with E-state index in [1.807, 2.05) is 0 Å². The van der Waals surface area contributed by atoms with Gasteiger partial charge in [0.25, 0.3) is 0 Å². The van der Waals surface area contributed by atoms with E-state index >= 15 is 0 Å². The van der Waals surface area contributed by atoms with E-state index in [-0.39, 0.29) is 36.4 Å². The molecule has 32 heavy (non-hydrogen) atoms. The molecule has 3 heterocycles. The van der Waals surface area contributed by atoms with Crippen LogP contribution in [0, 0.1) is 28.6 Å². The molecule has 3 spiro atoms. The van der Waals surface area contributed by atoms with Crippen LogP contribution in [0.3, 0.4) is 0 Å². The lowest BCUT2D eigenvalue weighted by atomic mass is 9.45. The Morgan fingerprint density at radius 2 is 1.78 bits per heavy atom. The third kappa shape index (κ3) is 2.32. The van der Waals surface area contributed by atoms with Gasteiger partial charge in [-0.1, -0.05) is 25.5 Å². The summed E-state index contributed by atoms with van der Waals surface area (Å²) in [6, 6.07) is 0. The molecule has 8 atom stereocenters. The molecule has 7 nitrogen and oxygen atoms in total. The molecule has 7 heteroatoms. The van der Waals surface area contributed by atoms with Crippen molar-refractivity contribution in [2.75, 3.05) is 33.4 Å². The molecule has 0 aromatic rings. The Balaban J connectivity index is 1.25. The predicted molar refractivity (Wildman–Crippen MR) is 112 cm³/mol. The lowest BCUT2D eigenvalue weighted by molar-refractivity contribution is -0.258. The van der Waals surface area contributed by atoms with Crippen molar-refractivity contribution in [2.24, 2.45) is 28.6 Å². The molecule has 1 N–H and O–H groups in total. The van der Waals surface area contributed by atoms with E-state index < -0.39 is 17.2 Å². The molecule has 178 valence electrons. The quantitative estimate of drug-likeness (QED) is 0.571. The summed E-state index contributed by atoms with van der Waals surface area (Å²) < 4.78 is 36.4. The molecule has 4 aliphatic carbocycles. The summed E-state index contributed by atoms with van der Waals surface area (Å²) in [5, 5.41) is 11.8. The Morgan fingerprint density at radius 1 is 0.969 bits per heavy atom. The Hall–Kier alpha value is -0.540. The van der Waals surface area contributed by atoms with Gasteiger partial charge in [-0.25, -0.2) is 0 Å². The van der Waals surface area contributed by atoms with Crippen LogP contribution in [-0.4, -0.2) is 61.8 Å². The third-order valence-corrected chi connectivity index (χ3v) is 10.9. The molecule has 0 amide bonds. The molecule has 6 fully saturated rings. The van der Waals surface area contributed by atoms with E-state index in [9.17, 15) is 5.11 Å². The van der Waals surface area contributed by atoms with E-state index in [2.05, 4.69) is 19.9 Å². The van der Waals surface area contributed by atoms with Crippen LogP contribution in [0.1, 0.15) is 58.8 Å². The Kier molecular flexibility index (Phi) is 4.27. The first-order chi connectivity index (χ1) is 15.4. The highest BCUT2D eigenvalue weighted by molar-refractivity contribution is 5.29. The maximum absolute atomic E-state index is 11.8. The molecule has 0 aromatic carbocycles. The van der Waals surface area contributed by atoms with Crippen LogP contribution < -0.4 is 0 Å². The fourth-order valence-electron chi connectivity index (χ4n) is 9.45. The van der Waals surface area contributed by atoms with Crippen molar-refractivity contribution in [1.82, 2.24) is 0 Å². The van der Waals surface area contributed by atoms with Gasteiger partial charge < -0.3 is 33.5 Å². The van der Waals surface area contributed by atoms with Gasteiger partial charge in [-0.15, -0.1) is 0 Å². The lowest BCUT2D eigenvalue weighted by Crippen LogP contribution is -2.66. The first-order valence-electron chi connectivity index (χ1n) is 12.5. The zero-order chi connectivity index (χ0) is 21.8. The summed E-state index contributed by atoms with van der Waals surface area (Å²) in [7, 11) is 0. The molecular formula is C25H36O7. The summed E-state index contributed by atoms with van der Waals surface area (Å²) >= 11 is 0. The van der Waals surface area contributed by atoms with E-state index in [4.69, 9.17) is 28.4 Å². The van der Waals surface area contributed by atoms with Gasteiger partial charge in [-0.2, -0.15) is 0 Å². The number of hydrogen-bond acceptors (Lipinski definition) is 7. The lowest BCUT2D eigenvalue weighted by Gasteiger charge is -2.62. The maximum atomic E-state index is 11.8. The van der Waals surface area contributed by atoms with Gasteiger partial charge in [0.05, 0.1) is 19.3 Å². The SMILES string of the molecule is C[C@]12CCC3(CC1=CCC1C2C(O)C[C@@]2(C)C1CC[C@@]21OCOC12COCO2)OCCO3. The van der Waals surface area contributed by atoms with Crippen molar-refractivity contribution in [3.63, 3.8) is 0 Å². The highest BCUT2D eigenvalue weighted by atomic mass is 16.9. The van der Waals surface area contributed by atoms with Crippen molar-refractivity contribution in [3.05, 3.63) is 11.6 Å². The first-order valence-corrected chi connectivity index (χ1v) is 12.5. The van der Waals surface area contributed by atoms with E-state index in [0.717, 1.165) is 38.5 Å². The summed E-state index contributed by atoms with van der Waals surface area (Å²) in [6.45, 7) is 6.98. The van der Waals surface area contributed by atoms with Crippen LogP contribution in [0.25, 0.3) is 0 Å². The zero-order valence-electron chi connectivity index (χ0n) is 19.3. The molecular weight excluding hydrogens is 412 g/mol. The highest BCUT2D eigenvalue weighted by Crippen LogP contribution is 2.71. The van der Waals surface area contributed by atoms with Gasteiger partial charge in [0, 0.05) is 18.3 Å². The number of hydrogen-bond donors (Lipinski definition) is 1. The number of ether oxygens (including phenoxy) is 6. The van der Waals surface area contributed by atoms with Gasteiger partial charge in [0.1, 0.15) is 12.2 Å². The van der Waals surface area contributed by atoms with Crippen molar-refractivity contribution in [2.45, 2.75) is 82.1 Å². The van der Waals surface area contributed by atoms with Gasteiger partial charge in [-0.3, -0.25) is 0 Å². The van der Waals surface area contributed by atoms with Crippen LogP contribution in [-0.2, 0) is 28.4 Å². The summed E-state index contributed by atoms with van der Waals surface area (Å²) in [5.74, 6) is -0.112. The largest absolute Gasteiger partial charge is 0.393 e. The summed E-state index contributed by atoms with van der Waals surface area (Å²) in [5.41, 5.74) is 0.664. The standard InChI is InChI=1S/C25H36O7/c1-21-7-8-23(28-9-10-29-23)11-16(21)3-4-17-18-5-6-24(22(18,2)12-19(26)20(17)21)25(32-15-30-24)13-27-14-31-25/h3,17-20,26H,4-15H2,1-2H3/t17?,18?,19?,20?,21-,22-,24+,25?/m0/s1. The van der Waals surface area contributed by atoms with Crippen molar-refractivity contribution < 1.29 is 33.5 Å². The minimum Gasteiger partial charge on any atom is -0.393 e. The average molecular weight is 449 g/mol. The fourth-order valence-corrected chi connectivity index (χ4v) is 9.45. The van der Waals surface area contributed by atoms with Crippen molar-refractivity contribution in [3.8, 4) is 0 Å². The van der Waals surface area contributed by atoms with E-state index in [1.54, 1.807) is 0 Å². The second-order valence-corrected chi connectivity index (χ2v) is 11.8. The molecule has 0 radical (unpaired) electrons. The van der Waals surface area contributed by atoms with Crippen LogP contribution in [0.15, 0.2) is 11.6 Å². The van der Waals surface area contributed by atoms with Gasteiger partial charge >= 0.3 is 0 Å². The average Bonchev–Trinajstić information content (AvgIpc) is 3.54. The van der Waals surface area contributed by atoms with Gasteiger partial charge in [-0.05, 0) is 55.3 Å². The number of aliphatic hydroxyl groups excluding tert-OH is 1. The van der Waals surface area contributed by atoms with E-state index in [0.29, 0.717) is 38.1 Å². The third-order valence-electron chi connectivity index (χ3n) is 10.9. The summed E-state index contributed by atoms with van der Waals surface area (Å²) in [6.07, 6.45) is 8.54. The highest BCUT2D eigenvalue weighted by Gasteiger charge is 2.76. The number of fused-ring (bicyclic) bond motifs is 7. The van der Waals surface area contributed by atoms with Gasteiger partial charge in [0.15, 0.2) is 19.4 Å². The van der Waals surface area contributed by atoms with Crippen LogP contribution in [0.5, 0.6) is 0 Å². The second kappa shape index (κ2) is 6.56. The van der Waals surface area contributed by atoms with Crippen molar-refractivity contribution >= 4 is 0 Å². The smallest absolute Gasteiger partial charge is 0.226 e. The molecule has 0 bridgehead atoms. The zero-order valence-corrected chi connectivity index (χ0v) is 19.3. The number of aliphatic hydroxyl groups is 1. The molecule has 3 aliphatic heterocycles. The van der Waals surface area contributed by atoms with Crippen LogP contribution in [0.4, 0.5) is 0 Å². The number of rotatable bonds is 0. The summed E-state index contributed by atoms with van der Waals surface area (Å²) in [4.78, 5) is 0. The monoisotopic (exact) mass is 448 g/mol. The van der Waals surface area contributed by atoms with Gasteiger partial charge in [0.2, 0.25) is 5.79 Å². The maximum Gasteiger partial charge on any atom is 0.226 e. The second-order valence-electron chi connectivity index (χ2n) is 11.8. The molecule has 0 aromatic heterocycles. The van der Waals surface area contributed by atoms with Crippen molar-refractivity contribution in [1.29, 1.82) is 0 Å². The molecule has 5 unspecified atom stereocenters. The van der Waals surface area contributed by atoms with Crippen LogP contribution in [0.2, 0.25) is 0 Å². The molecule has 3 saturated carbocycles. The Labute approximate surface area is 189 Å². The topological polar surface area (TPSA) is 75.6 Å². The normalized spacial score (nSPS) is 55.9. The van der Waals surface area contributed by atoms with Crippen LogP contribution >= 0.6 is 0 Å². The van der Waals surface area contributed by atoms with E-state index in [1.165, 1.54) is 5.57 Å². The number of allylic oxidation sites excluding steroid dienone is 1. The molecule has 7 aliphatic rings. The molecule has 7 rings (SSSR count).